The first kappa shape index (κ1) is 19.3. The van der Waals surface area contributed by atoms with E-state index in [9.17, 15) is 14.0 Å². The van der Waals surface area contributed by atoms with Gasteiger partial charge in [-0.05, 0) is 37.3 Å². The van der Waals surface area contributed by atoms with Crippen molar-refractivity contribution in [2.75, 3.05) is 24.5 Å². The molecule has 1 atom stereocenters. The van der Waals surface area contributed by atoms with Crippen LogP contribution in [0.25, 0.3) is 0 Å². The fourth-order valence-corrected chi connectivity index (χ4v) is 3.82. The average Bonchev–Trinajstić information content (AvgIpc) is 3.12. The van der Waals surface area contributed by atoms with Gasteiger partial charge in [-0.2, -0.15) is 5.10 Å². The number of piperidine rings is 1. The number of halogens is 1. The lowest BCUT2D eigenvalue weighted by molar-refractivity contribution is -0.137. The number of nitrogens with zero attached hydrogens (tertiary/aromatic N) is 4. The molecule has 3 heterocycles. The predicted molar refractivity (Wildman–Crippen MR) is 104 cm³/mol. The number of rotatable bonds is 4. The number of ether oxygens (including phenoxy) is 1. The van der Waals surface area contributed by atoms with Crippen molar-refractivity contribution in [1.82, 2.24) is 15.1 Å². The molecule has 0 radical (unpaired) electrons. The molecule has 0 bridgehead atoms. The van der Waals surface area contributed by atoms with E-state index in [0.29, 0.717) is 44.0 Å². The van der Waals surface area contributed by atoms with E-state index in [1.165, 1.54) is 12.1 Å². The molecule has 7 nitrogen and oxygen atoms in total. The number of carbonyl (C=O) groups is 2. The Hall–Kier alpha value is -3.03. The first-order valence-corrected chi connectivity index (χ1v) is 9.81. The molecule has 2 fully saturated rings. The normalized spacial score (nSPS) is 20.2. The molecule has 29 heavy (non-hydrogen) atoms. The van der Waals surface area contributed by atoms with Crippen molar-refractivity contribution in [3.8, 4) is 5.88 Å². The Morgan fingerprint density at radius 3 is 2.48 bits per heavy atom. The van der Waals surface area contributed by atoms with Crippen molar-refractivity contribution in [2.24, 2.45) is 5.92 Å². The largest absolute Gasteiger partial charge is 0.473 e. The van der Waals surface area contributed by atoms with Crippen LogP contribution in [0.15, 0.2) is 36.4 Å². The summed E-state index contributed by atoms with van der Waals surface area (Å²) in [6, 6.07) is 9.43. The van der Waals surface area contributed by atoms with E-state index in [0.717, 1.165) is 5.69 Å². The lowest BCUT2D eigenvalue weighted by atomic mass is 10.0. The Kier molecular flexibility index (Phi) is 5.42. The number of hydrogen-bond donors (Lipinski definition) is 0. The molecule has 1 aromatic carbocycles. The number of amides is 2. The molecule has 2 saturated heterocycles. The molecule has 0 aliphatic carbocycles. The van der Waals surface area contributed by atoms with Gasteiger partial charge in [0.15, 0.2) is 0 Å². The number of aryl methyl sites for hydroxylation is 1. The Morgan fingerprint density at radius 2 is 1.83 bits per heavy atom. The van der Waals surface area contributed by atoms with Crippen LogP contribution in [0, 0.1) is 18.7 Å². The summed E-state index contributed by atoms with van der Waals surface area (Å²) in [6.45, 7) is 3.37. The van der Waals surface area contributed by atoms with Gasteiger partial charge in [-0.15, -0.1) is 5.10 Å². The van der Waals surface area contributed by atoms with Crippen molar-refractivity contribution < 1.29 is 18.7 Å². The van der Waals surface area contributed by atoms with Crippen LogP contribution in [-0.4, -0.2) is 52.6 Å². The molecule has 0 saturated carbocycles. The maximum absolute atomic E-state index is 13.1. The summed E-state index contributed by atoms with van der Waals surface area (Å²) in [4.78, 5) is 28.6. The number of anilines is 1. The standard InChI is InChI=1S/C21H23FN4O3/c1-14-2-7-19(24-23-14)29-18-8-10-25(11-9-18)21(28)15-12-20(27)26(13-15)17-5-3-16(22)4-6-17/h2-7,15,18H,8-13H2,1H3. The van der Waals surface area contributed by atoms with Crippen LogP contribution in [0.1, 0.15) is 25.0 Å². The highest BCUT2D eigenvalue weighted by Gasteiger charge is 2.38. The number of aromatic nitrogens is 2. The second-order valence-corrected chi connectivity index (χ2v) is 7.54. The molecule has 1 aromatic heterocycles. The minimum absolute atomic E-state index is 0.00280. The van der Waals surface area contributed by atoms with Crippen LogP contribution in [0.5, 0.6) is 5.88 Å². The second-order valence-electron chi connectivity index (χ2n) is 7.54. The zero-order valence-corrected chi connectivity index (χ0v) is 16.3. The maximum Gasteiger partial charge on any atom is 0.233 e. The number of carbonyl (C=O) groups excluding carboxylic acids is 2. The van der Waals surface area contributed by atoms with Crippen molar-refractivity contribution in [3.63, 3.8) is 0 Å². The van der Waals surface area contributed by atoms with Crippen LogP contribution < -0.4 is 9.64 Å². The second kappa shape index (κ2) is 8.14. The fourth-order valence-electron chi connectivity index (χ4n) is 3.82. The molecule has 2 aromatic rings. The third-order valence-corrected chi connectivity index (χ3v) is 5.43. The summed E-state index contributed by atoms with van der Waals surface area (Å²) in [5.74, 6) is -0.331. The van der Waals surface area contributed by atoms with Gasteiger partial charge in [-0.1, -0.05) is 0 Å². The Labute approximate surface area is 168 Å². The Bertz CT molecular complexity index is 880. The summed E-state index contributed by atoms with van der Waals surface area (Å²) in [6.07, 6.45) is 1.61. The molecule has 2 aliphatic heterocycles. The van der Waals surface area contributed by atoms with Gasteiger partial charge in [0, 0.05) is 50.7 Å². The topological polar surface area (TPSA) is 75.6 Å². The first-order valence-electron chi connectivity index (χ1n) is 9.81. The number of benzene rings is 1. The highest BCUT2D eigenvalue weighted by Crippen LogP contribution is 2.28. The van der Waals surface area contributed by atoms with E-state index in [2.05, 4.69) is 10.2 Å². The Morgan fingerprint density at radius 1 is 1.10 bits per heavy atom. The zero-order chi connectivity index (χ0) is 20.4. The van der Waals surface area contributed by atoms with E-state index in [4.69, 9.17) is 4.74 Å². The molecule has 2 amide bonds. The SMILES string of the molecule is Cc1ccc(OC2CCN(C(=O)C3CC(=O)N(c4ccc(F)cc4)C3)CC2)nn1. The van der Waals surface area contributed by atoms with Crippen LogP contribution in [0.4, 0.5) is 10.1 Å². The number of likely N-dealkylation sites (tertiary alicyclic amines) is 1. The van der Waals surface area contributed by atoms with Crippen molar-refractivity contribution in [1.29, 1.82) is 0 Å². The van der Waals surface area contributed by atoms with Gasteiger partial charge in [0.25, 0.3) is 0 Å². The molecule has 8 heteroatoms. The van der Waals surface area contributed by atoms with Crippen LogP contribution in [-0.2, 0) is 9.59 Å². The molecule has 0 spiro atoms. The average molecular weight is 398 g/mol. The zero-order valence-electron chi connectivity index (χ0n) is 16.3. The van der Waals surface area contributed by atoms with Gasteiger partial charge in [-0.25, -0.2) is 4.39 Å². The van der Waals surface area contributed by atoms with Gasteiger partial charge in [0.2, 0.25) is 17.7 Å². The van der Waals surface area contributed by atoms with E-state index < -0.39 is 0 Å². The lowest BCUT2D eigenvalue weighted by Crippen LogP contribution is -2.45. The van der Waals surface area contributed by atoms with E-state index in [1.54, 1.807) is 23.1 Å². The van der Waals surface area contributed by atoms with E-state index in [-0.39, 0.29) is 36.1 Å². The van der Waals surface area contributed by atoms with Crippen LogP contribution >= 0.6 is 0 Å². The maximum atomic E-state index is 13.1. The molecular formula is C21H23FN4O3. The smallest absolute Gasteiger partial charge is 0.233 e. The van der Waals surface area contributed by atoms with Crippen molar-refractivity contribution in [2.45, 2.75) is 32.3 Å². The minimum Gasteiger partial charge on any atom is -0.473 e. The Balaban J connectivity index is 1.31. The predicted octanol–water partition coefficient (Wildman–Crippen LogP) is 2.35. The van der Waals surface area contributed by atoms with Crippen LogP contribution in [0.2, 0.25) is 0 Å². The van der Waals surface area contributed by atoms with Gasteiger partial charge in [0.05, 0.1) is 11.6 Å². The van der Waals surface area contributed by atoms with E-state index >= 15 is 0 Å². The monoisotopic (exact) mass is 398 g/mol. The van der Waals surface area contributed by atoms with E-state index in [1.807, 2.05) is 17.9 Å². The minimum atomic E-state index is -0.368. The summed E-state index contributed by atoms with van der Waals surface area (Å²) in [5.41, 5.74) is 1.46. The first-order chi connectivity index (χ1) is 14.0. The quantitative estimate of drug-likeness (QED) is 0.790. The molecule has 152 valence electrons. The molecule has 4 rings (SSSR count). The summed E-state index contributed by atoms with van der Waals surface area (Å²) in [5, 5.41) is 8.01. The fraction of sp³-hybridized carbons (Fsp3) is 0.429. The molecule has 2 aliphatic rings. The molecule has 0 N–H and O–H groups in total. The summed E-state index contributed by atoms with van der Waals surface area (Å²) >= 11 is 0. The highest BCUT2D eigenvalue weighted by atomic mass is 19.1. The van der Waals surface area contributed by atoms with Gasteiger partial charge in [0.1, 0.15) is 11.9 Å². The highest BCUT2D eigenvalue weighted by molar-refractivity contribution is 6.00. The number of hydrogen-bond acceptors (Lipinski definition) is 5. The molecular weight excluding hydrogens is 375 g/mol. The van der Waals surface area contributed by atoms with Crippen molar-refractivity contribution >= 4 is 17.5 Å². The van der Waals surface area contributed by atoms with Gasteiger partial charge in [-0.3, -0.25) is 9.59 Å². The van der Waals surface area contributed by atoms with Crippen LogP contribution in [0.3, 0.4) is 0 Å². The molecule has 1 unspecified atom stereocenters. The third kappa shape index (κ3) is 4.36. The van der Waals surface area contributed by atoms with Gasteiger partial charge < -0.3 is 14.5 Å². The third-order valence-electron chi connectivity index (χ3n) is 5.43. The summed E-state index contributed by atoms with van der Waals surface area (Å²) in [7, 11) is 0. The summed E-state index contributed by atoms with van der Waals surface area (Å²) < 4.78 is 19.0. The van der Waals surface area contributed by atoms with Gasteiger partial charge >= 0.3 is 0 Å². The lowest BCUT2D eigenvalue weighted by Gasteiger charge is -2.33. The van der Waals surface area contributed by atoms with Crippen molar-refractivity contribution in [3.05, 3.63) is 47.9 Å².